The minimum absolute atomic E-state index is 0.0341. The Morgan fingerprint density at radius 3 is 2.58 bits per heavy atom. The van der Waals surface area contributed by atoms with Crippen molar-refractivity contribution < 1.29 is 4.79 Å². The van der Waals surface area contributed by atoms with Gasteiger partial charge in [-0.2, -0.15) is 0 Å². The fourth-order valence-corrected chi connectivity index (χ4v) is 1.23. The molecule has 0 bridgehead atoms. The zero-order valence-electron chi connectivity index (χ0n) is 7.71. The van der Waals surface area contributed by atoms with Crippen LogP contribution in [0.3, 0.4) is 0 Å². The molecule has 0 radical (unpaired) electrons. The molecule has 12 heavy (non-hydrogen) atoms. The summed E-state index contributed by atoms with van der Waals surface area (Å²) in [4.78, 5) is 13.4. The maximum Gasteiger partial charge on any atom is 0.242 e. The minimum atomic E-state index is -0.731. The maximum absolute atomic E-state index is 11.6. The van der Waals surface area contributed by atoms with Gasteiger partial charge >= 0.3 is 0 Å². The summed E-state index contributed by atoms with van der Waals surface area (Å²) in [5, 5.41) is 0. The molecule has 0 aromatic heterocycles. The summed E-state index contributed by atoms with van der Waals surface area (Å²) in [6.45, 7) is 5.00. The molecule has 0 saturated heterocycles. The van der Waals surface area contributed by atoms with Gasteiger partial charge in [-0.15, -0.1) is 0 Å². The van der Waals surface area contributed by atoms with E-state index in [2.05, 4.69) is 6.08 Å². The quantitative estimate of drug-likeness (QED) is 0.580. The average Bonchev–Trinajstić information content (AvgIpc) is 2.03. The van der Waals surface area contributed by atoms with E-state index in [1.165, 1.54) is 0 Å². The van der Waals surface area contributed by atoms with Crippen molar-refractivity contribution in [1.29, 1.82) is 0 Å². The van der Waals surface area contributed by atoms with Gasteiger partial charge in [-0.1, -0.05) is 12.2 Å². The lowest BCUT2D eigenvalue weighted by molar-refractivity contribution is -0.135. The van der Waals surface area contributed by atoms with Crippen LogP contribution in [0.25, 0.3) is 0 Å². The molecule has 0 spiro atoms. The third-order valence-corrected chi connectivity index (χ3v) is 1.90. The standard InChI is InChI=1S/C9H16N2O/c1-9(2,10)8(12)11-6-4-3-5-7-11/h3-4H,5-7,10H2,1-2H3. The predicted molar refractivity (Wildman–Crippen MR) is 48.6 cm³/mol. The van der Waals surface area contributed by atoms with Gasteiger partial charge in [0.25, 0.3) is 0 Å². The Kier molecular flexibility index (Phi) is 2.52. The summed E-state index contributed by atoms with van der Waals surface area (Å²) in [7, 11) is 0. The molecule has 0 saturated carbocycles. The smallest absolute Gasteiger partial charge is 0.242 e. The molecule has 1 aliphatic heterocycles. The monoisotopic (exact) mass is 168 g/mol. The van der Waals surface area contributed by atoms with Crippen LogP contribution >= 0.6 is 0 Å². The van der Waals surface area contributed by atoms with Gasteiger partial charge < -0.3 is 10.6 Å². The van der Waals surface area contributed by atoms with E-state index in [0.29, 0.717) is 6.54 Å². The molecule has 0 unspecified atom stereocenters. The van der Waals surface area contributed by atoms with E-state index in [1.54, 1.807) is 18.7 Å². The average molecular weight is 168 g/mol. The van der Waals surface area contributed by atoms with E-state index in [9.17, 15) is 4.79 Å². The summed E-state index contributed by atoms with van der Waals surface area (Å²) >= 11 is 0. The molecule has 0 aliphatic carbocycles. The zero-order chi connectivity index (χ0) is 9.19. The highest BCUT2D eigenvalue weighted by Crippen LogP contribution is 2.08. The van der Waals surface area contributed by atoms with Crippen molar-refractivity contribution in [3.05, 3.63) is 12.2 Å². The summed E-state index contributed by atoms with van der Waals surface area (Å²) in [6.07, 6.45) is 5.04. The number of amides is 1. The molecule has 3 heteroatoms. The molecule has 1 heterocycles. The molecular formula is C9H16N2O. The van der Waals surface area contributed by atoms with Crippen molar-refractivity contribution in [2.24, 2.45) is 5.73 Å². The molecule has 1 rings (SSSR count). The number of nitrogens with two attached hydrogens (primary N) is 1. The van der Waals surface area contributed by atoms with Gasteiger partial charge in [0.2, 0.25) is 5.91 Å². The SMILES string of the molecule is CC(C)(N)C(=O)N1CC=CCC1. The fourth-order valence-electron chi connectivity index (χ4n) is 1.23. The van der Waals surface area contributed by atoms with Gasteiger partial charge in [0.15, 0.2) is 0 Å². The van der Waals surface area contributed by atoms with Crippen molar-refractivity contribution in [3.63, 3.8) is 0 Å². The van der Waals surface area contributed by atoms with Crippen LogP contribution in [0.5, 0.6) is 0 Å². The fraction of sp³-hybridized carbons (Fsp3) is 0.667. The van der Waals surface area contributed by atoms with Crippen LogP contribution in [0.2, 0.25) is 0 Å². The highest BCUT2D eigenvalue weighted by molar-refractivity contribution is 5.85. The Hall–Kier alpha value is -0.830. The molecule has 1 amide bonds. The third kappa shape index (κ3) is 2.08. The zero-order valence-corrected chi connectivity index (χ0v) is 7.71. The van der Waals surface area contributed by atoms with Crippen LogP contribution in [-0.4, -0.2) is 29.4 Å². The van der Waals surface area contributed by atoms with Crippen LogP contribution in [0.4, 0.5) is 0 Å². The molecule has 2 N–H and O–H groups in total. The first-order chi connectivity index (χ1) is 5.52. The van der Waals surface area contributed by atoms with Crippen molar-refractivity contribution >= 4 is 5.91 Å². The normalized spacial score (nSPS) is 18.1. The van der Waals surface area contributed by atoms with Crippen LogP contribution in [-0.2, 0) is 4.79 Å². The number of carbonyl (C=O) groups excluding carboxylic acids is 1. The van der Waals surface area contributed by atoms with Gasteiger partial charge in [0.1, 0.15) is 0 Å². The lowest BCUT2D eigenvalue weighted by Gasteiger charge is -2.29. The van der Waals surface area contributed by atoms with E-state index < -0.39 is 5.54 Å². The number of carbonyl (C=O) groups is 1. The summed E-state index contributed by atoms with van der Waals surface area (Å²) in [6, 6.07) is 0. The summed E-state index contributed by atoms with van der Waals surface area (Å²) in [5.41, 5.74) is 4.96. The lowest BCUT2D eigenvalue weighted by Crippen LogP contribution is -2.51. The molecule has 0 fully saturated rings. The highest BCUT2D eigenvalue weighted by Gasteiger charge is 2.27. The van der Waals surface area contributed by atoms with Crippen molar-refractivity contribution in [3.8, 4) is 0 Å². The van der Waals surface area contributed by atoms with Gasteiger partial charge in [-0.25, -0.2) is 0 Å². The number of hydrogen-bond donors (Lipinski definition) is 1. The Bertz CT molecular complexity index is 203. The molecule has 1 aliphatic rings. The van der Waals surface area contributed by atoms with Crippen molar-refractivity contribution in [2.45, 2.75) is 25.8 Å². The Balaban J connectivity index is 2.59. The van der Waals surface area contributed by atoms with Crippen LogP contribution < -0.4 is 5.73 Å². The van der Waals surface area contributed by atoms with Gasteiger partial charge in [0.05, 0.1) is 5.54 Å². The first-order valence-electron chi connectivity index (χ1n) is 4.25. The number of hydrogen-bond acceptors (Lipinski definition) is 2. The van der Waals surface area contributed by atoms with Crippen molar-refractivity contribution in [1.82, 2.24) is 4.90 Å². The number of rotatable bonds is 1. The minimum Gasteiger partial charge on any atom is -0.337 e. The molecule has 3 nitrogen and oxygen atoms in total. The van der Waals surface area contributed by atoms with Gasteiger partial charge in [-0.3, -0.25) is 4.79 Å². The third-order valence-electron chi connectivity index (χ3n) is 1.90. The van der Waals surface area contributed by atoms with Crippen LogP contribution in [0.1, 0.15) is 20.3 Å². The van der Waals surface area contributed by atoms with Crippen molar-refractivity contribution in [2.75, 3.05) is 13.1 Å². The van der Waals surface area contributed by atoms with Crippen LogP contribution in [0.15, 0.2) is 12.2 Å². The molecule has 0 aromatic rings. The lowest BCUT2D eigenvalue weighted by atomic mass is 10.0. The highest BCUT2D eigenvalue weighted by atomic mass is 16.2. The predicted octanol–water partition coefficient (Wildman–Crippen LogP) is 0.512. The molecular weight excluding hydrogens is 152 g/mol. The van der Waals surface area contributed by atoms with E-state index in [4.69, 9.17) is 5.73 Å². The molecule has 0 aromatic carbocycles. The Labute approximate surface area is 73.2 Å². The Morgan fingerprint density at radius 1 is 1.50 bits per heavy atom. The van der Waals surface area contributed by atoms with E-state index in [1.807, 2.05) is 6.08 Å². The Morgan fingerprint density at radius 2 is 2.17 bits per heavy atom. The second-order valence-electron chi connectivity index (χ2n) is 3.73. The second kappa shape index (κ2) is 3.27. The maximum atomic E-state index is 11.6. The first kappa shape index (κ1) is 9.26. The van der Waals surface area contributed by atoms with E-state index in [0.717, 1.165) is 13.0 Å². The molecule has 0 atom stereocenters. The van der Waals surface area contributed by atoms with Gasteiger partial charge in [-0.05, 0) is 20.3 Å². The van der Waals surface area contributed by atoms with E-state index in [-0.39, 0.29) is 5.91 Å². The van der Waals surface area contributed by atoms with Crippen LogP contribution in [0, 0.1) is 0 Å². The largest absolute Gasteiger partial charge is 0.337 e. The first-order valence-corrected chi connectivity index (χ1v) is 4.25. The topological polar surface area (TPSA) is 46.3 Å². The summed E-state index contributed by atoms with van der Waals surface area (Å²) in [5.74, 6) is 0.0341. The number of nitrogens with zero attached hydrogens (tertiary/aromatic N) is 1. The van der Waals surface area contributed by atoms with Gasteiger partial charge in [0, 0.05) is 13.1 Å². The summed E-state index contributed by atoms with van der Waals surface area (Å²) < 4.78 is 0. The van der Waals surface area contributed by atoms with E-state index >= 15 is 0 Å². The second-order valence-corrected chi connectivity index (χ2v) is 3.73. The molecule has 68 valence electrons.